The summed E-state index contributed by atoms with van der Waals surface area (Å²) in [5.74, 6) is 0.105. The summed E-state index contributed by atoms with van der Waals surface area (Å²) in [7, 11) is 0. The van der Waals surface area contributed by atoms with Crippen LogP contribution in [-0.4, -0.2) is 30.2 Å². The van der Waals surface area contributed by atoms with Crippen molar-refractivity contribution in [1.29, 1.82) is 0 Å². The van der Waals surface area contributed by atoms with Crippen molar-refractivity contribution in [3.63, 3.8) is 0 Å². The van der Waals surface area contributed by atoms with Gasteiger partial charge in [-0.25, -0.2) is 0 Å². The lowest BCUT2D eigenvalue weighted by molar-refractivity contribution is 0.0903. The number of hydrogen-bond donors (Lipinski definition) is 2. The molecule has 2 N–H and O–H groups in total. The molecule has 1 fully saturated rings. The number of carbonyl (C=O) groups is 1. The average molecular weight is 195 g/mol. The molecule has 0 bridgehead atoms. The lowest BCUT2D eigenvalue weighted by Gasteiger charge is -2.08. The summed E-state index contributed by atoms with van der Waals surface area (Å²) >= 11 is 0. The van der Waals surface area contributed by atoms with Crippen LogP contribution in [0.25, 0.3) is 0 Å². The maximum absolute atomic E-state index is 11.5. The Labute approximate surface area is 81.8 Å². The Morgan fingerprint density at radius 3 is 3.21 bits per heavy atom. The Morgan fingerprint density at radius 1 is 1.79 bits per heavy atom. The Bertz CT molecular complexity index is 329. The minimum atomic E-state index is -0.181. The highest BCUT2D eigenvalue weighted by molar-refractivity contribution is 5.91. The summed E-state index contributed by atoms with van der Waals surface area (Å²) in [6, 6.07) is 1.85. The molecule has 1 atom stereocenters. The van der Waals surface area contributed by atoms with Crippen LogP contribution in [0.5, 0.6) is 0 Å². The highest BCUT2D eigenvalue weighted by atomic mass is 16.5. The van der Waals surface area contributed by atoms with Gasteiger partial charge in [0.25, 0.3) is 5.91 Å². The van der Waals surface area contributed by atoms with Crippen LogP contribution in [0.1, 0.15) is 22.7 Å². The van der Waals surface area contributed by atoms with E-state index >= 15 is 0 Å². The third kappa shape index (κ3) is 1.93. The molecule has 0 spiro atoms. The lowest BCUT2D eigenvalue weighted by atomic mass is 10.2. The van der Waals surface area contributed by atoms with Gasteiger partial charge in [0.05, 0.1) is 5.69 Å². The molecule has 2 heterocycles. The molecular weight excluding hydrogens is 182 g/mol. The molecule has 1 aromatic rings. The molecule has 1 amide bonds. The second-order valence-corrected chi connectivity index (χ2v) is 3.50. The first kappa shape index (κ1) is 9.21. The van der Waals surface area contributed by atoms with Crippen LogP contribution in [0, 0.1) is 6.92 Å². The van der Waals surface area contributed by atoms with E-state index in [0.717, 1.165) is 25.2 Å². The van der Waals surface area contributed by atoms with Gasteiger partial charge in [0.2, 0.25) is 5.76 Å². The summed E-state index contributed by atoms with van der Waals surface area (Å²) in [6.45, 7) is 3.58. The molecule has 0 aromatic carbocycles. The fourth-order valence-corrected chi connectivity index (χ4v) is 1.50. The van der Waals surface area contributed by atoms with Gasteiger partial charge in [-0.05, 0) is 19.9 Å². The lowest BCUT2D eigenvalue weighted by Crippen LogP contribution is -2.35. The predicted molar refractivity (Wildman–Crippen MR) is 50.0 cm³/mol. The van der Waals surface area contributed by atoms with E-state index in [1.165, 1.54) is 0 Å². The van der Waals surface area contributed by atoms with Crippen LogP contribution in [0.2, 0.25) is 0 Å². The molecule has 1 aromatic heterocycles. The fraction of sp³-hybridized carbons (Fsp3) is 0.556. The van der Waals surface area contributed by atoms with Crippen LogP contribution in [0.4, 0.5) is 0 Å². The van der Waals surface area contributed by atoms with Crippen LogP contribution in [0.3, 0.4) is 0 Å². The van der Waals surface area contributed by atoms with Crippen LogP contribution in [0.15, 0.2) is 10.6 Å². The van der Waals surface area contributed by atoms with Crippen LogP contribution in [-0.2, 0) is 0 Å². The molecule has 1 unspecified atom stereocenters. The van der Waals surface area contributed by atoms with Crippen molar-refractivity contribution >= 4 is 5.91 Å². The number of carbonyl (C=O) groups excluding carboxylic acids is 1. The largest absolute Gasteiger partial charge is 0.351 e. The van der Waals surface area contributed by atoms with E-state index in [1.807, 2.05) is 0 Å². The van der Waals surface area contributed by atoms with Crippen molar-refractivity contribution in [3.05, 3.63) is 17.5 Å². The second-order valence-electron chi connectivity index (χ2n) is 3.50. The zero-order valence-electron chi connectivity index (χ0n) is 8.04. The molecule has 0 aliphatic carbocycles. The van der Waals surface area contributed by atoms with Gasteiger partial charge in [-0.3, -0.25) is 4.79 Å². The first-order valence-electron chi connectivity index (χ1n) is 4.70. The summed E-state index contributed by atoms with van der Waals surface area (Å²) < 4.78 is 4.85. The van der Waals surface area contributed by atoms with E-state index in [4.69, 9.17) is 4.52 Å². The van der Waals surface area contributed by atoms with Gasteiger partial charge in [-0.15, -0.1) is 0 Å². The molecule has 1 aliphatic rings. The smallest absolute Gasteiger partial charge is 0.290 e. The summed E-state index contributed by atoms with van der Waals surface area (Å²) in [6.07, 6.45) is 0.971. The molecule has 1 aliphatic heterocycles. The fourth-order valence-electron chi connectivity index (χ4n) is 1.50. The molecule has 1 saturated heterocycles. The van der Waals surface area contributed by atoms with E-state index in [1.54, 1.807) is 13.0 Å². The van der Waals surface area contributed by atoms with Crippen molar-refractivity contribution in [2.75, 3.05) is 13.1 Å². The Morgan fingerprint density at radius 2 is 2.64 bits per heavy atom. The normalized spacial score (nSPS) is 21.1. The number of nitrogens with zero attached hydrogens (tertiary/aromatic N) is 1. The van der Waals surface area contributed by atoms with E-state index < -0.39 is 0 Å². The topological polar surface area (TPSA) is 67.2 Å². The number of nitrogens with one attached hydrogen (secondary N) is 2. The number of aryl methyl sites for hydroxylation is 1. The Balaban J connectivity index is 1.95. The van der Waals surface area contributed by atoms with Crippen molar-refractivity contribution in [2.45, 2.75) is 19.4 Å². The number of hydrogen-bond acceptors (Lipinski definition) is 4. The van der Waals surface area contributed by atoms with Gasteiger partial charge < -0.3 is 15.2 Å². The van der Waals surface area contributed by atoms with Crippen molar-refractivity contribution in [2.24, 2.45) is 0 Å². The van der Waals surface area contributed by atoms with Gasteiger partial charge in [0, 0.05) is 18.7 Å². The van der Waals surface area contributed by atoms with E-state index in [0.29, 0.717) is 0 Å². The maximum atomic E-state index is 11.5. The SMILES string of the molecule is Cc1cc(C(=O)NC2CCNC2)on1. The number of aromatic nitrogens is 1. The van der Waals surface area contributed by atoms with Crippen molar-refractivity contribution in [1.82, 2.24) is 15.8 Å². The van der Waals surface area contributed by atoms with E-state index in [2.05, 4.69) is 15.8 Å². The van der Waals surface area contributed by atoms with Gasteiger partial charge in [0.1, 0.15) is 0 Å². The van der Waals surface area contributed by atoms with Crippen molar-refractivity contribution < 1.29 is 9.32 Å². The number of amides is 1. The van der Waals surface area contributed by atoms with E-state index in [-0.39, 0.29) is 17.7 Å². The Kier molecular flexibility index (Phi) is 2.49. The quantitative estimate of drug-likeness (QED) is 0.701. The summed E-state index contributed by atoms with van der Waals surface area (Å²) in [5, 5.41) is 9.71. The van der Waals surface area contributed by atoms with Gasteiger partial charge in [-0.2, -0.15) is 0 Å². The highest BCUT2D eigenvalue weighted by Crippen LogP contribution is 2.04. The molecule has 5 nitrogen and oxygen atoms in total. The summed E-state index contributed by atoms with van der Waals surface area (Å²) in [4.78, 5) is 11.5. The number of rotatable bonds is 2. The minimum Gasteiger partial charge on any atom is -0.351 e. The van der Waals surface area contributed by atoms with Gasteiger partial charge >= 0.3 is 0 Å². The zero-order chi connectivity index (χ0) is 9.97. The van der Waals surface area contributed by atoms with Gasteiger partial charge in [0.15, 0.2) is 0 Å². The molecule has 2 rings (SSSR count). The summed E-state index contributed by atoms with van der Waals surface area (Å²) in [5.41, 5.74) is 0.722. The molecule has 76 valence electrons. The second kappa shape index (κ2) is 3.79. The van der Waals surface area contributed by atoms with Crippen LogP contribution >= 0.6 is 0 Å². The predicted octanol–water partition coefficient (Wildman–Crippen LogP) is 0.0747. The van der Waals surface area contributed by atoms with Crippen LogP contribution < -0.4 is 10.6 Å². The van der Waals surface area contributed by atoms with Gasteiger partial charge in [-0.1, -0.05) is 5.16 Å². The first-order chi connectivity index (χ1) is 6.75. The Hall–Kier alpha value is -1.36. The first-order valence-corrected chi connectivity index (χ1v) is 4.70. The molecular formula is C9H13N3O2. The third-order valence-electron chi connectivity index (χ3n) is 2.25. The molecule has 0 saturated carbocycles. The third-order valence-corrected chi connectivity index (χ3v) is 2.25. The molecule has 5 heteroatoms. The highest BCUT2D eigenvalue weighted by Gasteiger charge is 2.19. The monoisotopic (exact) mass is 195 g/mol. The maximum Gasteiger partial charge on any atom is 0.290 e. The zero-order valence-corrected chi connectivity index (χ0v) is 8.04. The van der Waals surface area contributed by atoms with E-state index in [9.17, 15) is 4.79 Å². The molecule has 14 heavy (non-hydrogen) atoms. The minimum absolute atomic E-state index is 0.181. The standard InChI is InChI=1S/C9H13N3O2/c1-6-4-8(14-12-6)9(13)11-7-2-3-10-5-7/h4,7,10H,2-3,5H2,1H3,(H,11,13). The van der Waals surface area contributed by atoms with Crippen molar-refractivity contribution in [3.8, 4) is 0 Å². The average Bonchev–Trinajstić information content (AvgIpc) is 2.75. The molecule has 0 radical (unpaired) electrons.